The van der Waals surface area contributed by atoms with Crippen LogP contribution >= 0.6 is 23.2 Å². The maximum atomic E-state index is 11.6. The number of halogens is 2. The lowest BCUT2D eigenvalue weighted by Gasteiger charge is -2.05. The van der Waals surface area contributed by atoms with Gasteiger partial charge in [-0.2, -0.15) is 0 Å². The second kappa shape index (κ2) is 7.14. The van der Waals surface area contributed by atoms with Crippen molar-refractivity contribution in [1.29, 1.82) is 0 Å². The first-order valence-corrected chi connectivity index (χ1v) is 5.72. The first-order valence-electron chi connectivity index (χ1n) is 4.97. The predicted octanol–water partition coefficient (Wildman–Crippen LogP) is 2.67. The smallest absolute Gasteiger partial charge is 0.252 e. The van der Waals surface area contributed by atoms with Gasteiger partial charge in [-0.3, -0.25) is 4.79 Å². The van der Waals surface area contributed by atoms with Gasteiger partial charge in [0.2, 0.25) is 0 Å². The van der Waals surface area contributed by atoms with Crippen molar-refractivity contribution in [2.24, 2.45) is 0 Å². The van der Waals surface area contributed by atoms with Crippen LogP contribution in [0.2, 0.25) is 10.2 Å². The lowest BCUT2D eigenvalue weighted by molar-refractivity contribution is 0.0950. The van der Waals surface area contributed by atoms with Crippen LogP contribution in [0.25, 0.3) is 0 Å². The number of hydrogen-bond acceptors (Lipinski definition) is 3. The van der Waals surface area contributed by atoms with E-state index in [1.54, 1.807) is 0 Å². The average Bonchev–Trinajstić information content (AvgIpc) is 2.32. The summed E-state index contributed by atoms with van der Waals surface area (Å²) < 4.78 is 4.92. The van der Waals surface area contributed by atoms with Crippen LogP contribution in [-0.4, -0.2) is 24.0 Å². The molecule has 0 bridgehead atoms. The van der Waals surface area contributed by atoms with E-state index in [2.05, 4.69) is 16.9 Å². The maximum Gasteiger partial charge on any atom is 0.252 e. The van der Waals surface area contributed by atoms with Gasteiger partial charge in [-0.25, -0.2) is 4.98 Å². The van der Waals surface area contributed by atoms with Crippen molar-refractivity contribution >= 4 is 29.1 Å². The van der Waals surface area contributed by atoms with E-state index < -0.39 is 0 Å². The van der Waals surface area contributed by atoms with Crippen LogP contribution in [0.3, 0.4) is 0 Å². The van der Waals surface area contributed by atoms with E-state index >= 15 is 0 Å². The minimum Gasteiger partial charge on any atom is -0.502 e. The molecule has 0 aliphatic carbocycles. The Labute approximate surface area is 110 Å². The largest absolute Gasteiger partial charge is 0.502 e. The lowest BCUT2D eigenvalue weighted by Crippen LogP contribution is -2.25. The fourth-order valence-corrected chi connectivity index (χ4v) is 1.36. The van der Waals surface area contributed by atoms with Crippen molar-refractivity contribution in [1.82, 2.24) is 10.3 Å². The fourth-order valence-electron chi connectivity index (χ4n) is 1.09. The highest BCUT2D eigenvalue weighted by atomic mass is 35.5. The van der Waals surface area contributed by atoms with E-state index in [-0.39, 0.29) is 16.1 Å². The molecular weight excluding hydrogens is 263 g/mol. The third-order valence-corrected chi connectivity index (χ3v) is 2.59. The number of nitrogens with zero attached hydrogens (tertiary/aromatic N) is 1. The summed E-state index contributed by atoms with van der Waals surface area (Å²) in [6, 6.07) is 1.48. The van der Waals surface area contributed by atoms with Gasteiger partial charge in [0, 0.05) is 12.7 Å². The third kappa shape index (κ3) is 4.63. The van der Waals surface area contributed by atoms with Gasteiger partial charge in [-0.1, -0.05) is 29.8 Å². The molecule has 1 N–H and O–H groups in total. The van der Waals surface area contributed by atoms with Crippen molar-refractivity contribution in [3.8, 4) is 0 Å². The van der Waals surface area contributed by atoms with Crippen molar-refractivity contribution < 1.29 is 9.53 Å². The summed E-state index contributed by atoms with van der Waals surface area (Å²) in [6.07, 6.45) is 3.45. The third-order valence-electron chi connectivity index (χ3n) is 1.90. The Morgan fingerprint density at radius 3 is 3.00 bits per heavy atom. The Bertz CT molecular complexity index is 410. The van der Waals surface area contributed by atoms with Gasteiger partial charge in [0.15, 0.2) is 0 Å². The average molecular weight is 275 g/mol. The number of pyridine rings is 1. The molecule has 17 heavy (non-hydrogen) atoms. The summed E-state index contributed by atoms with van der Waals surface area (Å²) in [7, 11) is 0. The number of rotatable bonds is 6. The minimum absolute atomic E-state index is 0.183. The summed E-state index contributed by atoms with van der Waals surface area (Å²) in [5, 5.41) is 3.15. The van der Waals surface area contributed by atoms with E-state index in [0.29, 0.717) is 25.1 Å². The van der Waals surface area contributed by atoms with Gasteiger partial charge in [0.1, 0.15) is 5.15 Å². The second-order valence-corrected chi connectivity index (χ2v) is 3.91. The quantitative estimate of drug-likeness (QED) is 0.493. The van der Waals surface area contributed by atoms with E-state index in [1.165, 1.54) is 18.5 Å². The second-order valence-electron chi connectivity index (χ2n) is 3.14. The molecule has 1 amide bonds. The number of carbonyl (C=O) groups excluding carboxylic acids is 1. The highest BCUT2D eigenvalue weighted by Crippen LogP contribution is 2.19. The first-order chi connectivity index (χ1) is 8.15. The van der Waals surface area contributed by atoms with Crippen LogP contribution in [0.1, 0.15) is 16.8 Å². The van der Waals surface area contributed by atoms with Crippen LogP contribution in [-0.2, 0) is 4.74 Å². The fraction of sp³-hybridized carbons (Fsp3) is 0.273. The van der Waals surface area contributed by atoms with Crippen LogP contribution in [0, 0.1) is 0 Å². The summed E-state index contributed by atoms with van der Waals surface area (Å²) >= 11 is 11.4. The predicted molar refractivity (Wildman–Crippen MR) is 67.4 cm³/mol. The van der Waals surface area contributed by atoms with Gasteiger partial charge >= 0.3 is 0 Å². The zero-order chi connectivity index (χ0) is 12.7. The molecule has 0 saturated carbocycles. The zero-order valence-corrected chi connectivity index (χ0v) is 10.6. The van der Waals surface area contributed by atoms with E-state index in [9.17, 15) is 4.79 Å². The molecule has 0 radical (unpaired) electrons. The summed E-state index contributed by atoms with van der Waals surface area (Å²) in [4.78, 5) is 15.4. The van der Waals surface area contributed by atoms with Crippen LogP contribution in [0.15, 0.2) is 25.1 Å². The Hall–Kier alpha value is -1.26. The zero-order valence-electron chi connectivity index (χ0n) is 9.08. The number of amides is 1. The molecule has 6 heteroatoms. The van der Waals surface area contributed by atoms with Gasteiger partial charge in [-0.15, -0.1) is 0 Å². The van der Waals surface area contributed by atoms with Crippen molar-refractivity contribution in [2.45, 2.75) is 6.42 Å². The highest BCUT2D eigenvalue weighted by Gasteiger charge is 2.08. The molecule has 4 nitrogen and oxygen atoms in total. The Morgan fingerprint density at radius 2 is 2.35 bits per heavy atom. The Morgan fingerprint density at radius 1 is 1.59 bits per heavy atom. The maximum absolute atomic E-state index is 11.6. The molecule has 92 valence electrons. The SMILES string of the molecule is C=COCCCNC(=O)c1cnc(Cl)c(Cl)c1. The number of nitrogens with one attached hydrogen (secondary N) is 1. The molecule has 0 saturated heterocycles. The number of aromatic nitrogens is 1. The monoisotopic (exact) mass is 274 g/mol. The normalized spacial score (nSPS) is 9.76. The van der Waals surface area contributed by atoms with E-state index in [4.69, 9.17) is 27.9 Å². The molecule has 0 fully saturated rings. The summed E-state index contributed by atoms with van der Waals surface area (Å²) in [5.41, 5.74) is 0.379. The topological polar surface area (TPSA) is 51.2 Å². The van der Waals surface area contributed by atoms with E-state index in [1.807, 2.05) is 0 Å². The van der Waals surface area contributed by atoms with Gasteiger partial charge in [0.05, 0.1) is 23.5 Å². The molecule has 0 spiro atoms. The number of carbonyl (C=O) groups is 1. The molecule has 1 rings (SSSR count). The number of ether oxygens (including phenoxy) is 1. The molecule has 0 aliphatic heterocycles. The van der Waals surface area contributed by atoms with Gasteiger partial charge in [-0.05, 0) is 12.5 Å². The van der Waals surface area contributed by atoms with Crippen LogP contribution in [0.4, 0.5) is 0 Å². The lowest BCUT2D eigenvalue weighted by atomic mass is 10.2. The van der Waals surface area contributed by atoms with Crippen LogP contribution < -0.4 is 5.32 Å². The number of hydrogen-bond donors (Lipinski definition) is 1. The van der Waals surface area contributed by atoms with E-state index in [0.717, 1.165) is 0 Å². The molecule has 1 aromatic rings. The van der Waals surface area contributed by atoms with Crippen molar-refractivity contribution in [2.75, 3.05) is 13.2 Å². The van der Waals surface area contributed by atoms with Crippen molar-refractivity contribution in [3.63, 3.8) is 0 Å². The molecule has 0 unspecified atom stereocenters. The molecule has 1 heterocycles. The molecule has 0 atom stereocenters. The Balaban J connectivity index is 2.41. The Kier molecular flexibility index (Phi) is 5.80. The molecular formula is C11H12Cl2N2O2. The van der Waals surface area contributed by atoms with Crippen molar-refractivity contribution in [3.05, 3.63) is 40.8 Å². The minimum atomic E-state index is -0.241. The highest BCUT2D eigenvalue weighted by molar-refractivity contribution is 6.41. The molecule has 0 aliphatic rings. The summed E-state index contributed by atoms with van der Waals surface area (Å²) in [6.45, 7) is 4.44. The summed E-state index contributed by atoms with van der Waals surface area (Å²) in [5.74, 6) is -0.241. The first kappa shape index (κ1) is 13.8. The molecule has 1 aromatic heterocycles. The van der Waals surface area contributed by atoms with Gasteiger partial charge < -0.3 is 10.1 Å². The standard InChI is InChI=1S/C11H12Cl2N2O2/c1-2-17-5-3-4-14-11(16)8-6-9(12)10(13)15-7-8/h2,6-7H,1,3-5H2,(H,14,16). The van der Waals surface area contributed by atoms with Crippen LogP contribution in [0.5, 0.6) is 0 Å². The van der Waals surface area contributed by atoms with Gasteiger partial charge in [0.25, 0.3) is 5.91 Å². The molecule has 0 aromatic carbocycles.